The molecule has 0 unspecified atom stereocenters. The van der Waals surface area contributed by atoms with Crippen molar-refractivity contribution in [3.05, 3.63) is 76.7 Å². The van der Waals surface area contributed by atoms with Crippen LogP contribution >= 0.6 is 0 Å². The second-order valence-electron chi connectivity index (χ2n) is 8.95. The summed E-state index contributed by atoms with van der Waals surface area (Å²) in [6.45, 7) is 0.734. The Labute approximate surface area is 205 Å². The molecular formula is C25H24FN7O3. The van der Waals surface area contributed by atoms with Crippen LogP contribution in [0.4, 0.5) is 21.6 Å². The lowest BCUT2D eigenvalue weighted by Crippen LogP contribution is -2.54. The Balaban J connectivity index is 1.32. The van der Waals surface area contributed by atoms with Crippen LogP contribution in [0.5, 0.6) is 0 Å². The first kappa shape index (κ1) is 22.2. The predicted molar refractivity (Wildman–Crippen MR) is 132 cm³/mol. The fourth-order valence-corrected chi connectivity index (χ4v) is 4.93. The summed E-state index contributed by atoms with van der Waals surface area (Å²) >= 11 is 0. The third-order valence-corrected chi connectivity index (χ3v) is 6.82. The lowest BCUT2D eigenvalue weighted by atomic mass is 9.77. The van der Waals surface area contributed by atoms with Gasteiger partial charge in [0.05, 0.1) is 29.7 Å². The third kappa shape index (κ3) is 3.68. The van der Waals surface area contributed by atoms with E-state index in [-0.39, 0.29) is 35.1 Å². The molecule has 4 heterocycles. The molecule has 10 nitrogen and oxygen atoms in total. The van der Waals surface area contributed by atoms with Crippen molar-refractivity contribution >= 4 is 28.7 Å². The number of pyridine rings is 1. The van der Waals surface area contributed by atoms with Crippen LogP contribution in [-0.4, -0.2) is 50.9 Å². The van der Waals surface area contributed by atoms with Crippen LogP contribution in [0.2, 0.25) is 0 Å². The second-order valence-corrected chi connectivity index (χ2v) is 8.95. The molecular weight excluding hydrogens is 465 g/mol. The minimum Gasteiger partial charge on any atom is -0.385 e. The number of ether oxygens (including phenoxy) is 1. The highest BCUT2D eigenvalue weighted by Crippen LogP contribution is 2.38. The van der Waals surface area contributed by atoms with Gasteiger partial charge in [-0.2, -0.15) is 0 Å². The first-order valence-corrected chi connectivity index (χ1v) is 11.8. The highest BCUT2D eigenvalue weighted by atomic mass is 19.1. The number of para-hydroxylation sites is 1. The van der Waals surface area contributed by atoms with Gasteiger partial charge in [0.15, 0.2) is 17.2 Å². The van der Waals surface area contributed by atoms with Gasteiger partial charge in [-0.3, -0.25) is 14.2 Å². The molecule has 0 spiro atoms. The van der Waals surface area contributed by atoms with E-state index in [0.29, 0.717) is 23.1 Å². The zero-order chi connectivity index (χ0) is 24.8. The van der Waals surface area contributed by atoms with E-state index in [1.54, 1.807) is 37.4 Å². The summed E-state index contributed by atoms with van der Waals surface area (Å²) in [5.41, 5.74) is 1.23. The number of anilines is 3. The number of benzene rings is 1. The number of imidazole rings is 1. The lowest BCUT2D eigenvalue weighted by Gasteiger charge is -2.39. The minimum atomic E-state index is -0.511. The standard InChI is InChI=1S/C25H24FN7O3/c1-27-18-12-21(29-16-6-4-9-32(25(16)35)19-7-3-2-5-15(19)26)31-33-20(13-28-23(18)33)24(34)30-17-11-14-8-10-36-22(14)17/h2-7,9,12-14,17,22,27H,8,10-11H2,1H3,(H,29,31)(H,30,34)/t14-,17-,22-/m0/s1. The number of hydrogen-bond donors (Lipinski definition) is 3. The summed E-state index contributed by atoms with van der Waals surface area (Å²) in [6.07, 6.45) is 4.98. The van der Waals surface area contributed by atoms with Crippen LogP contribution in [0.1, 0.15) is 23.3 Å². The van der Waals surface area contributed by atoms with Gasteiger partial charge in [-0.05, 0) is 43.0 Å². The first-order chi connectivity index (χ1) is 17.5. The Bertz CT molecular complexity index is 1530. The molecule has 3 aromatic heterocycles. The van der Waals surface area contributed by atoms with E-state index in [9.17, 15) is 14.0 Å². The van der Waals surface area contributed by atoms with E-state index in [1.165, 1.54) is 33.6 Å². The summed E-state index contributed by atoms with van der Waals surface area (Å²) in [5.74, 6) is 0.0186. The monoisotopic (exact) mass is 489 g/mol. The highest BCUT2D eigenvalue weighted by molar-refractivity contribution is 5.94. The van der Waals surface area contributed by atoms with Gasteiger partial charge >= 0.3 is 0 Å². The van der Waals surface area contributed by atoms with Gasteiger partial charge in [-0.25, -0.2) is 13.9 Å². The largest absolute Gasteiger partial charge is 0.385 e. The maximum absolute atomic E-state index is 14.3. The van der Waals surface area contributed by atoms with Crippen molar-refractivity contribution in [1.29, 1.82) is 0 Å². The topological polar surface area (TPSA) is 115 Å². The number of carbonyl (C=O) groups is 1. The summed E-state index contributed by atoms with van der Waals surface area (Å²) in [7, 11) is 1.73. The molecule has 1 aliphatic carbocycles. The molecule has 6 rings (SSSR count). The molecule has 1 aliphatic heterocycles. The highest BCUT2D eigenvalue weighted by Gasteiger charge is 2.46. The lowest BCUT2D eigenvalue weighted by molar-refractivity contribution is -0.000686. The van der Waals surface area contributed by atoms with Crippen LogP contribution in [-0.2, 0) is 4.74 Å². The Hall–Kier alpha value is -4.25. The molecule has 3 N–H and O–H groups in total. The smallest absolute Gasteiger partial charge is 0.278 e. The molecule has 1 saturated carbocycles. The molecule has 2 aliphatic rings. The van der Waals surface area contributed by atoms with Gasteiger partial charge in [0, 0.05) is 25.9 Å². The van der Waals surface area contributed by atoms with Gasteiger partial charge in [0.25, 0.3) is 11.5 Å². The molecule has 0 bridgehead atoms. The van der Waals surface area contributed by atoms with Crippen LogP contribution in [0.25, 0.3) is 11.3 Å². The fourth-order valence-electron chi connectivity index (χ4n) is 4.93. The number of nitrogens with zero attached hydrogens (tertiary/aromatic N) is 4. The molecule has 1 amide bonds. The number of rotatable bonds is 6. The summed E-state index contributed by atoms with van der Waals surface area (Å²) < 4.78 is 22.7. The maximum atomic E-state index is 14.3. The number of fused-ring (bicyclic) bond motifs is 2. The number of aromatic nitrogens is 4. The third-order valence-electron chi connectivity index (χ3n) is 6.82. The van der Waals surface area contributed by atoms with Crippen molar-refractivity contribution in [1.82, 2.24) is 24.5 Å². The van der Waals surface area contributed by atoms with Crippen molar-refractivity contribution in [2.24, 2.45) is 5.92 Å². The Morgan fingerprint density at radius 3 is 2.86 bits per heavy atom. The number of amides is 1. The number of nitrogens with one attached hydrogen (secondary N) is 3. The van der Waals surface area contributed by atoms with E-state index >= 15 is 0 Å². The average Bonchev–Trinajstić information content (AvgIpc) is 3.47. The average molecular weight is 490 g/mol. The molecule has 36 heavy (non-hydrogen) atoms. The number of hydrogen-bond acceptors (Lipinski definition) is 7. The zero-order valence-electron chi connectivity index (χ0n) is 19.4. The van der Waals surface area contributed by atoms with Crippen molar-refractivity contribution in [2.45, 2.75) is 25.0 Å². The molecule has 1 saturated heterocycles. The maximum Gasteiger partial charge on any atom is 0.278 e. The molecule has 11 heteroatoms. The Morgan fingerprint density at radius 1 is 1.19 bits per heavy atom. The van der Waals surface area contributed by atoms with E-state index in [4.69, 9.17) is 4.74 Å². The predicted octanol–water partition coefficient (Wildman–Crippen LogP) is 2.71. The van der Waals surface area contributed by atoms with Crippen molar-refractivity contribution in [3.8, 4) is 5.69 Å². The van der Waals surface area contributed by atoms with Gasteiger partial charge in [0.1, 0.15) is 11.5 Å². The van der Waals surface area contributed by atoms with Gasteiger partial charge in [0.2, 0.25) is 0 Å². The molecule has 3 atom stereocenters. The van der Waals surface area contributed by atoms with E-state index < -0.39 is 11.4 Å². The molecule has 1 aromatic carbocycles. The Morgan fingerprint density at radius 2 is 2.06 bits per heavy atom. The van der Waals surface area contributed by atoms with E-state index in [1.807, 2.05) is 0 Å². The van der Waals surface area contributed by atoms with Crippen molar-refractivity contribution in [3.63, 3.8) is 0 Å². The van der Waals surface area contributed by atoms with Crippen LogP contribution in [0.3, 0.4) is 0 Å². The number of carbonyl (C=O) groups excluding carboxylic acids is 1. The van der Waals surface area contributed by atoms with Gasteiger partial charge < -0.3 is 20.7 Å². The molecule has 4 aromatic rings. The normalized spacial score (nSPS) is 20.6. The van der Waals surface area contributed by atoms with Gasteiger partial charge in [-0.15, -0.1) is 5.10 Å². The second kappa shape index (κ2) is 8.76. The van der Waals surface area contributed by atoms with Crippen LogP contribution in [0.15, 0.2) is 59.7 Å². The quantitative estimate of drug-likeness (QED) is 0.382. The fraction of sp³-hybridized carbons (Fsp3) is 0.280. The van der Waals surface area contributed by atoms with Crippen LogP contribution in [0, 0.1) is 11.7 Å². The van der Waals surface area contributed by atoms with Crippen LogP contribution < -0.4 is 21.5 Å². The van der Waals surface area contributed by atoms with Gasteiger partial charge in [-0.1, -0.05) is 12.1 Å². The first-order valence-electron chi connectivity index (χ1n) is 11.8. The summed E-state index contributed by atoms with van der Waals surface area (Å²) in [4.78, 5) is 30.6. The Kier molecular flexibility index (Phi) is 5.41. The van der Waals surface area contributed by atoms with E-state index in [0.717, 1.165) is 19.4 Å². The van der Waals surface area contributed by atoms with Crippen molar-refractivity contribution in [2.75, 3.05) is 24.3 Å². The molecule has 184 valence electrons. The molecule has 2 fully saturated rings. The number of halogens is 1. The van der Waals surface area contributed by atoms with E-state index in [2.05, 4.69) is 26.0 Å². The van der Waals surface area contributed by atoms with Crippen molar-refractivity contribution < 1.29 is 13.9 Å². The summed E-state index contributed by atoms with van der Waals surface area (Å²) in [6, 6.07) is 10.9. The SMILES string of the molecule is CNc1cc(Nc2cccn(-c3ccccc3F)c2=O)nn2c(C(=O)N[C@H]3C[C@@H]4CCO[C@@H]43)cnc12. The zero-order valence-corrected chi connectivity index (χ0v) is 19.4. The minimum absolute atomic E-state index is 0.0261. The molecule has 0 radical (unpaired) electrons. The summed E-state index contributed by atoms with van der Waals surface area (Å²) in [5, 5.41) is 13.6.